The van der Waals surface area contributed by atoms with Crippen LogP contribution in [0.25, 0.3) is 0 Å². The van der Waals surface area contributed by atoms with Crippen LogP contribution in [0.15, 0.2) is 0 Å². The fraction of sp³-hybridized carbons (Fsp3) is 0.714. The predicted molar refractivity (Wildman–Crippen MR) is 75.1 cm³/mol. The maximum Gasteiger partial charge on any atom is 0.303 e. The van der Waals surface area contributed by atoms with Gasteiger partial charge in [-0.2, -0.15) is 0 Å². The molecule has 0 bridgehead atoms. The van der Waals surface area contributed by atoms with Gasteiger partial charge in [0.2, 0.25) is 5.91 Å². The van der Waals surface area contributed by atoms with Crippen molar-refractivity contribution >= 4 is 23.8 Å². The summed E-state index contributed by atoms with van der Waals surface area (Å²) in [5.74, 6) is -2.10. The summed E-state index contributed by atoms with van der Waals surface area (Å²) in [6.45, 7) is 4.77. The molecule has 1 amide bonds. The Bertz CT molecular complexity index is 477. The Hall–Kier alpha value is -2.16. The van der Waals surface area contributed by atoms with Crippen LogP contribution in [-0.2, 0) is 38.1 Å². The van der Waals surface area contributed by atoms with Crippen LogP contribution in [0.2, 0.25) is 0 Å². The number of nitrogens with one attached hydrogen (secondary N) is 1. The van der Waals surface area contributed by atoms with E-state index in [-0.39, 0.29) is 19.1 Å². The molecule has 1 aliphatic rings. The maximum atomic E-state index is 11.3. The molecular formula is C14H21NO8. The standard InChI is InChI=1S/C14H21NO8/c1-7(16)15-11-5-21-12(6-20-8(2)17)14(23-10(4)19)13(11)22-9(3)18/h11-14H,5-6H2,1-4H3,(H,15,16)/t11-,12+,13+,14-/m0/s1. The van der Waals surface area contributed by atoms with Crippen molar-refractivity contribution in [2.24, 2.45) is 0 Å². The number of carbonyl (C=O) groups is 4. The number of ether oxygens (including phenoxy) is 4. The van der Waals surface area contributed by atoms with Gasteiger partial charge in [0.15, 0.2) is 12.2 Å². The van der Waals surface area contributed by atoms with Gasteiger partial charge in [-0.15, -0.1) is 0 Å². The van der Waals surface area contributed by atoms with Crippen molar-refractivity contribution in [3.8, 4) is 0 Å². The maximum absolute atomic E-state index is 11.3. The molecule has 0 spiro atoms. The second kappa shape index (κ2) is 8.47. The third-order valence-electron chi connectivity index (χ3n) is 3.02. The van der Waals surface area contributed by atoms with E-state index in [4.69, 9.17) is 18.9 Å². The van der Waals surface area contributed by atoms with E-state index < -0.39 is 42.3 Å². The quantitative estimate of drug-likeness (QED) is 0.520. The summed E-state index contributed by atoms with van der Waals surface area (Å²) in [4.78, 5) is 44.9. The van der Waals surface area contributed by atoms with Gasteiger partial charge >= 0.3 is 17.9 Å². The molecule has 130 valence electrons. The molecule has 0 aromatic carbocycles. The van der Waals surface area contributed by atoms with Crippen LogP contribution in [0.5, 0.6) is 0 Å². The third-order valence-corrected chi connectivity index (χ3v) is 3.02. The number of rotatable bonds is 5. The van der Waals surface area contributed by atoms with Crippen molar-refractivity contribution in [2.45, 2.75) is 52.0 Å². The van der Waals surface area contributed by atoms with E-state index in [0.29, 0.717) is 0 Å². The highest BCUT2D eigenvalue weighted by atomic mass is 16.6. The Balaban J connectivity index is 2.98. The van der Waals surface area contributed by atoms with E-state index in [0.717, 1.165) is 0 Å². The van der Waals surface area contributed by atoms with Gasteiger partial charge in [0, 0.05) is 27.7 Å². The predicted octanol–water partition coefficient (Wildman–Crippen LogP) is -0.684. The molecule has 1 N–H and O–H groups in total. The summed E-state index contributed by atoms with van der Waals surface area (Å²) in [6.07, 6.45) is -2.77. The zero-order valence-electron chi connectivity index (χ0n) is 13.5. The first-order valence-corrected chi connectivity index (χ1v) is 7.07. The summed E-state index contributed by atoms with van der Waals surface area (Å²) in [6, 6.07) is -0.686. The highest BCUT2D eigenvalue weighted by molar-refractivity contribution is 5.73. The Morgan fingerprint density at radius 3 is 2.00 bits per heavy atom. The molecular weight excluding hydrogens is 310 g/mol. The van der Waals surface area contributed by atoms with E-state index in [1.807, 2.05) is 0 Å². The zero-order chi connectivity index (χ0) is 17.6. The molecule has 23 heavy (non-hydrogen) atoms. The van der Waals surface area contributed by atoms with E-state index in [9.17, 15) is 19.2 Å². The Morgan fingerprint density at radius 2 is 1.52 bits per heavy atom. The topological polar surface area (TPSA) is 117 Å². The molecule has 1 fully saturated rings. The number of hydrogen-bond donors (Lipinski definition) is 1. The minimum atomic E-state index is -1.01. The van der Waals surface area contributed by atoms with Crippen LogP contribution in [0.1, 0.15) is 27.7 Å². The lowest BCUT2D eigenvalue weighted by atomic mass is 9.97. The summed E-state index contributed by atoms with van der Waals surface area (Å²) >= 11 is 0. The molecule has 1 aliphatic heterocycles. The molecule has 4 atom stereocenters. The van der Waals surface area contributed by atoms with E-state index >= 15 is 0 Å². The van der Waals surface area contributed by atoms with E-state index in [1.54, 1.807) is 0 Å². The fourth-order valence-electron chi connectivity index (χ4n) is 2.26. The van der Waals surface area contributed by atoms with Crippen LogP contribution in [0, 0.1) is 0 Å². The summed E-state index contributed by atoms with van der Waals surface area (Å²) in [5.41, 5.74) is 0. The normalized spacial score (nSPS) is 26.8. The number of carbonyl (C=O) groups excluding carboxylic acids is 4. The Labute approximate surface area is 133 Å². The minimum absolute atomic E-state index is 0.0151. The number of esters is 3. The van der Waals surface area contributed by atoms with Gasteiger partial charge in [0.05, 0.1) is 12.6 Å². The number of hydrogen-bond acceptors (Lipinski definition) is 8. The fourth-order valence-corrected chi connectivity index (χ4v) is 2.26. The lowest BCUT2D eigenvalue weighted by Crippen LogP contribution is -2.62. The first-order chi connectivity index (χ1) is 10.7. The van der Waals surface area contributed by atoms with Gasteiger partial charge in [0.1, 0.15) is 12.7 Å². The number of amides is 1. The lowest BCUT2D eigenvalue weighted by Gasteiger charge is -2.41. The van der Waals surface area contributed by atoms with Gasteiger partial charge in [-0.05, 0) is 0 Å². The summed E-state index contributed by atoms with van der Waals surface area (Å²) < 4.78 is 20.8. The van der Waals surface area contributed by atoms with E-state index in [2.05, 4.69) is 5.32 Å². The average Bonchev–Trinajstić information content (AvgIpc) is 2.39. The van der Waals surface area contributed by atoms with Crippen molar-refractivity contribution in [2.75, 3.05) is 13.2 Å². The smallest absolute Gasteiger partial charge is 0.303 e. The van der Waals surface area contributed by atoms with Crippen molar-refractivity contribution in [3.05, 3.63) is 0 Å². The van der Waals surface area contributed by atoms with Gasteiger partial charge in [-0.1, -0.05) is 0 Å². The molecule has 9 nitrogen and oxygen atoms in total. The highest BCUT2D eigenvalue weighted by Gasteiger charge is 2.45. The SMILES string of the molecule is CC(=O)N[C@H]1CO[C@H](COC(C)=O)[C@H](OC(C)=O)[C@@H]1OC(C)=O. The monoisotopic (exact) mass is 331 g/mol. The van der Waals surface area contributed by atoms with Crippen LogP contribution < -0.4 is 5.32 Å². The Kier molecular flexibility index (Phi) is 6.95. The first-order valence-electron chi connectivity index (χ1n) is 7.07. The average molecular weight is 331 g/mol. The highest BCUT2D eigenvalue weighted by Crippen LogP contribution is 2.23. The van der Waals surface area contributed by atoms with Crippen molar-refractivity contribution in [1.82, 2.24) is 5.32 Å². The zero-order valence-corrected chi connectivity index (χ0v) is 13.5. The summed E-state index contributed by atoms with van der Waals surface area (Å²) in [5, 5.41) is 2.59. The van der Waals surface area contributed by atoms with Crippen LogP contribution >= 0.6 is 0 Å². The Morgan fingerprint density at radius 1 is 0.957 bits per heavy atom. The molecule has 0 aromatic rings. The molecule has 0 unspecified atom stereocenters. The molecule has 0 saturated carbocycles. The van der Waals surface area contributed by atoms with E-state index in [1.165, 1.54) is 27.7 Å². The van der Waals surface area contributed by atoms with Crippen LogP contribution in [0.3, 0.4) is 0 Å². The first kappa shape index (κ1) is 18.9. The van der Waals surface area contributed by atoms with Crippen LogP contribution in [0.4, 0.5) is 0 Å². The van der Waals surface area contributed by atoms with Crippen molar-refractivity contribution in [1.29, 1.82) is 0 Å². The second-order valence-corrected chi connectivity index (χ2v) is 5.13. The molecule has 1 rings (SSSR count). The molecule has 0 radical (unpaired) electrons. The largest absolute Gasteiger partial charge is 0.463 e. The van der Waals surface area contributed by atoms with Gasteiger partial charge in [0.25, 0.3) is 0 Å². The minimum Gasteiger partial charge on any atom is -0.463 e. The van der Waals surface area contributed by atoms with Crippen molar-refractivity contribution < 1.29 is 38.1 Å². The molecule has 0 aliphatic carbocycles. The van der Waals surface area contributed by atoms with Gasteiger partial charge in [-0.3, -0.25) is 19.2 Å². The third kappa shape index (κ3) is 6.23. The van der Waals surface area contributed by atoms with Crippen LogP contribution in [-0.4, -0.2) is 61.4 Å². The van der Waals surface area contributed by atoms with Gasteiger partial charge in [-0.25, -0.2) is 0 Å². The summed E-state index contributed by atoms with van der Waals surface area (Å²) in [7, 11) is 0. The van der Waals surface area contributed by atoms with Gasteiger partial charge < -0.3 is 24.3 Å². The molecule has 1 saturated heterocycles. The molecule has 9 heteroatoms. The molecule has 1 heterocycles. The second-order valence-electron chi connectivity index (χ2n) is 5.13. The molecule has 0 aromatic heterocycles. The lowest BCUT2D eigenvalue weighted by molar-refractivity contribution is -0.207. The van der Waals surface area contributed by atoms with Crippen molar-refractivity contribution in [3.63, 3.8) is 0 Å².